The monoisotopic (exact) mass is 588 g/mol. The lowest BCUT2D eigenvalue weighted by Crippen LogP contribution is -2.27. The maximum absolute atomic E-state index is 13.0. The van der Waals surface area contributed by atoms with Crippen LogP contribution in [-0.2, 0) is 21.5 Å². The number of imide groups is 1. The number of para-hydroxylation sites is 1. The second-order valence-electron chi connectivity index (χ2n) is 7.69. The predicted molar refractivity (Wildman–Crippen MR) is 138 cm³/mol. The standard InChI is InChI=1S/C24H17BrN2O7S2/c1-15-6-9-19(10-7-15)36(32,33)34-21-11-8-18(25)12-17(21)13-22-23(28)26(24(29)35-22)14-16-4-2-3-5-20(16)27(30)31/h2-13H,14H2,1H3/b22-13-. The Kier molecular flexibility index (Phi) is 7.29. The summed E-state index contributed by atoms with van der Waals surface area (Å²) in [5, 5.41) is 10.7. The molecule has 0 saturated carbocycles. The number of benzene rings is 3. The van der Waals surface area contributed by atoms with Crippen molar-refractivity contribution >= 4 is 60.7 Å². The topological polar surface area (TPSA) is 124 Å². The fraction of sp³-hybridized carbons (Fsp3) is 0.0833. The van der Waals surface area contributed by atoms with Gasteiger partial charge in [0.05, 0.1) is 16.4 Å². The van der Waals surface area contributed by atoms with Gasteiger partial charge in [-0.25, -0.2) is 0 Å². The van der Waals surface area contributed by atoms with Crippen LogP contribution in [0.5, 0.6) is 5.75 Å². The fourth-order valence-electron chi connectivity index (χ4n) is 3.35. The van der Waals surface area contributed by atoms with Crippen molar-refractivity contribution in [3.63, 3.8) is 0 Å². The molecular weight excluding hydrogens is 572 g/mol. The molecule has 12 heteroatoms. The number of aryl methyl sites for hydroxylation is 1. The van der Waals surface area contributed by atoms with E-state index < -0.39 is 26.2 Å². The minimum Gasteiger partial charge on any atom is -0.378 e. The van der Waals surface area contributed by atoms with Crippen molar-refractivity contribution in [2.24, 2.45) is 0 Å². The molecule has 1 saturated heterocycles. The number of thioether (sulfide) groups is 1. The third kappa shape index (κ3) is 5.50. The molecule has 0 aromatic heterocycles. The summed E-state index contributed by atoms with van der Waals surface area (Å²) < 4.78 is 31.6. The molecule has 0 bridgehead atoms. The molecule has 1 fully saturated rings. The Morgan fingerprint density at radius 1 is 1.08 bits per heavy atom. The van der Waals surface area contributed by atoms with Crippen molar-refractivity contribution in [3.05, 3.63) is 103 Å². The first kappa shape index (κ1) is 25.6. The molecule has 3 aromatic rings. The number of nitrogens with zero attached hydrogens (tertiary/aromatic N) is 2. The Bertz CT molecular complexity index is 1520. The predicted octanol–water partition coefficient (Wildman–Crippen LogP) is 5.67. The Labute approximate surface area is 219 Å². The van der Waals surface area contributed by atoms with Crippen molar-refractivity contribution in [3.8, 4) is 5.75 Å². The van der Waals surface area contributed by atoms with Gasteiger partial charge in [0.25, 0.3) is 16.8 Å². The second kappa shape index (κ2) is 10.2. The number of halogens is 1. The van der Waals surface area contributed by atoms with Crippen LogP contribution in [0, 0.1) is 17.0 Å². The number of hydrogen-bond donors (Lipinski definition) is 0. The summed E-state index contributed by atoms with van der Waals surface area (Å²) in [4.78, 5) is 37.2. The first-order chi connectivity index (χ1) is 17.0. The SMILES string of the molecule is Cc1ccc(S(=O)(=O)Oc2ccc(Br)cc2/C=C2\SC(=O)N(Cc3ccccc3[N+](=O)[O-])C2=O)cc1. The molecule has 1 aliphatic heterocycles. The zero-order valence-corrected chi connectivity index (χ0v) is 21.8. The lowest BCUT2D eigenvalue weighted by molar-refractivity contribution is -0.385. The van der Waals surface area contributed by atoms with Crippen LogP contribution in [0.1, 0.15) is 16.7 Å². The van der Waals surface area contributed by atoms with Crippen LogP contribution in [0.25, 0.3) is 6.08 Å². The molecule has 0 radical (unpaired) electrons. The third-order valence-corrected chi connectivity index (χ3v) is 7.81. The lowest BCUT2D eigenvalue weighted by Gasteiger charge is -2.13. The molecule has 0 N–H and O–H groups in total. The highest BCUT2D eigenvalue weighted by Crippen LogP contribution is 2.37. The third-order valence-electron chi connectivity index (χ3n) is 5.16. The Morgan fingerprint density at radius 2 is 1.78 bits per heavy atom. The van der Waals surface area contributed by atoms with E-state index in [1.807, 2.05) is 6.92 Å². The summed E-state index contributed by atoms with van der Waals surface area (Å²) in [7, 11) is -4.17. The summed E-state index contributed by atoms with van der Waals surface area (Å²) in [5.41, 5.74) is 1.14. The molecule has 3 aromatic carbocycles. The number of rotatable bonds is 7. The molecule has 1 heterocycles. The van der Waals surface area contributed by atoms with E-state index >= 15 is 0 Å². The van der Waals surface area contributed by atoms with E-state index in [9.17, 15) is 28.1 Å². The highest BCUT2D eigenvalue weighted by Gasteiger charge is 2.36. The molecular formula is C24H17BrN2O7S2. The fourth-order valence-corrected chi connectivity index (χ4v) is 5.51. The first-order valence-corrected chi connectivity index (χ1v) is 13.4. The molecule has 0 spiro atoms. The average Bonchev–Trinajstić information content (AvgIpc) is 3.08. The van der Waals surface area contributed by atoms with Crippen molar-refractivity contribution < 1.29 is 27.1 Å². The van der Waals surface area contributed by atoms with Crippen LogP contribution in [0.4, 0.5) is 10.5 Å². The van der Waals surface area contributed by atoms with Gasteiger partial charge < -0.3 is 4.18 Å². The summed E-state index contributed by atoms with van der Waals surface area (Å²) in [6.07, 6.45) is 1.36. The smallest absolute Gasteiger partial charge is 0.339 e. The highest BCUT2D eigenvalue weighted by atomic mass is 79.9. The van der Waals surface area contributed by atoms with Crippen LogP contribution in [0.3, 0.4) is 0 Å². The van der Waals surface area contributed by atoms with Crippen LogP contribution >= 0.6 is 27.7 Å². The zero-order valence-electron chi connectivity index (χ0n) is 18.6. The maximum atomic E-state index is 13.0. The molecule has 9 nitrogen and oxygen atoms in total. The zero-order chi connectivity index (χ0) is 26.0. The van der Waals surface area contributed by atoms with Gasteiger partial charge in [-0.1, -0.05) is 51.8 Å². The van der Waals surface area contributed by atoms with Crippen molar-refractivity contribution in [1.82, 2.24) is 4.90 Å². The number of amides is 2. The molecule has 1 aliphatic rings. The van der Waals surface area contributed by atoms with Crippen LogP contribution in [0.15, 0.2) is 81.0 Å². The van der Waals surface area contributed by atoms with Crippen molar-refractivity contribution in [2.75, 3.05) is 0 Å². The van der Waals surface area contributed by atoms with E-state index in [-0.39, 0.29) is 38.9 Å². The molecule has 184 valence electrons. The Morgan fingerprint density at radius 3 is 2.47 bits per heavy atom. The van der Waals surface area contributed by atoms with Gasteiger partial charge in [0, 0.05) is 21.7 Å². The largest absolute Gasteiger partial charge is 0.378 e. The van der Waals surface area contributed by atoms with E-state index in [2.05, 4.69) is 15.9 Å². The van der Waals surface area contributed by atoms with Crippen LogP contribution in [-0.4, -0.2) is 29.4 Å². The molecule has 0 unspecified atom stereocenters. The molecule has 4 rings (SSSR count). The highest BCUT2D eigenvalue weighted by molar-refractivity contribution is 9.10. The van der Waals surface area contributed by atoms with E-state index in [1.165, 1.54) is 42.5 Å². The maximum Gasteiger partial charge on any atom is 0.339 e. The number of nitro benzene ring substituents is 1. The van der Waals surface area contributed by atoms with Gasteiger partial charge in [-0.05, 0) is 55.1 Å². The number of hydrogen-bond acceptors (Lipinski definition) is 8. The van der Waals surface area contributed by atoms with E-state index in [0.29, 0.717) is 16.2 Å². The normalized spacial score (nSPS) is 14.9. The number of carbonyl (C=O) groups is 2. The molecule has 2 amide bonds. The van der Waals surface area contributed by atoms with Crippen LogP contribution < -0.4 is 4.18 Å². The lowest BCUT2D eigenvalue weighted by atomic mass is 10.1. The minimum absolute atomic E-state index is 0.0225. The van der Waals surface area contributed by atoms with E-state index in [4.69, 9.17) is 4.18 Å². The summed E-state index contributed by atoms with van der Waals surface area (Å²) in [6, 6.07) is 16.6. The Balaban J connectivity index is 1.64. The molecule has 0 aliphatic carbocycles. The first-order valence-electron chi connectivity index (χ1n) is 10.3. The van der Waals surface area contributed by atoms with Gasteiger partial charge in [0.2, 0.25) is 0 Å². The summed E-state index contributed by atoms with van der Waals surface area (Å²) in [5.74, 6) is -0.695. The van der Waals surface area contributed by atoms with Crippen molar-refractivity contribution in [2.45, 2.75) is 18.4 Å². The van der Waals surface area contributed by atoms with Gasteiger partial charge >= 0.3 is 10.1 Å². The second-order valence-corrected chi connectivity index (χ2v) is 11.1. The number of carbonyl (C=O) groups excluding carboxylic acids is 2. The molecule has 36 heavy (non-hydrogen) atoms. The van der Waals surface area contributed by atoms with Gasteiger partial charge in [0.15, 0.2) is 0 Å². The number of nitro groups is 1. The van der Waals surface area contributed by atoms with Gasteiger partial charge in [-0.2, -0.15) is 8.42 Å². The van der Waals surface area contributed by atoms with Crippen LogP contribution in [0.2, 0.25) is 0 Å². The summed E-state index contributed by atoms with van der Waals surface area (Å²) >= 11 is 3.96. The van der Waals surface area contributed by atoms with Crippen molar-refractivity contribution in [1.29, 1.82) is 0 Å². The van der Waals surface area contributed by atoms with Gasteiger partial charge in [-0.15, -0.1) is 0 Å². The van der Waals surface area contributed by atoms with E-state index in [0.717, 1.165) is 10.5 Å². The average molecular weight is 589 g/mol. The quantitative estimate of drug-likeness (QED) is 0.150. The minimum atomic E-state index is -4.17. The Hall–Kier alpha value is -3.48. The van der Waals surface area contributed by atoms with E-state index in [1.54, 1.807) is 30.3 Å². The molecule has 0 atom stereocenters. The summed E-state index contributed by atoms with van der Waals surface area (Å²) in [6.45, 7) is 1.55. The van der Waals surface area contributed by atoms with Gasteiger partial charge in [-0.3, -0.25) is 24.6 Å². The van der Waals surface area contributed by atoms with Gasteiger partial charge in [0.1, 0.15) is 10.6 Å².